The van der Waals surface area contributed by atoms with E-state index >= 15 is 0 Å². The van der Waals surface area contributed by atoms with Gasteiger partial charge in [-0.05, 0) is 25.0 Å². The largest absolute Gasteiger partial charge is 0.383 e. The van der Waals surface area contributed by atoms with E-state index in [0.717, 1.165) is 12.8 Å². The summed E-state index contributed by atoms with van der Waals surface area (Å²) in [6.07, 6.45) is 3.33. The van der Waals surface area contributed by atoms with Crippen molar-refractivity contribution < 1.29 is 14.3 Å². The predicted octanol–water partition coefficient (Wildman–Crippen LogP) is 1.78. The zero-order valence-corrected chi connectivity index (χ0v) is 15.9. The first-order valence-corrected chi connectivity index (χ1v) is 9.20. The number of carbonyl (C=O) groups is 2. The molecular weight excluding hydrogens is 370 g/mol. The Balaban J connectivity index is 1.65. The molecule has 1 aliphatic rings. The second-order valence-corrected chi connectivity index (χ2v) is 6.77. The van der Waals surface area contributed by atoms with E-state index in [1.54, 1.807) is 47.2 Å². The van der Waals surface area contributed by atoms with Gasteiger partial charge in [0.25, 0.3) is 11.8 Å². The smallest absolute Gasteiger partial charge is 0.273 e. The molecule has 1 aromatic heterocycles. The van der Waals surface area contributed by atoms with Crippen LogP contribution in [0.3, 0.4) is 0 Å². The third-order valence-corrected chi connectivity index (χ3v) is 4.83. The van der Waals surface area contributed by atoms with Crippen molar-refractivity contribution in [1.29, 1.82) is 0 Å². The first-order valence-electron chi connectivity index (χ1n) is 8.83. The summed E-state index contributed by atoms with van der Waals surface area (Å²) in [5.41, 5.74) is 0.747. The molecule has 2 heterocycles. The highest BCUT2D eigenvalue weighted by Gasteiger charge is 2.27. The van der Waals surface area contributed by atoms with Crippen LogP contribution in [-0.4, -0.2) is 65.1 Å². The zero-order chi connectivity index (χ0) is 19.2. The number of nitrogens with one attached hydrogen (secondary N) is 1. The summed E-state index contributed by atoms with van der Waals surface area (Å²) in [7, 11) is 1.57. The molecule has 0 unspecified atom stereocenters. The Kier molecular flexibility index (Phi) is 6.41. The average Bonchev–Trinajstić information content (AvgIpc) is 3.18. The highest BCUT2D eigenvalue weighted by atomic mass is 35.5. The minimum atomic E-state index is -0.293. The Morgan fingerprint density at radius 3 is 2.96 bits per heavy atom. The molecule has 0 aliphatic carbocycles. The standard InChI is InChI=1S/C18H22ClN5O3/c1-27-10-8-20-17(25)16-12-24(22-21-16)13-5-4-9-23(11-13)18(26)14-6-2-3-7-15(14)19/h2-3,6-7,12-13H,4-5,8-11H2,1H3,(H,20,25)/t13-/m0/s1. The molecule has 0 saturated carbocycles. The number of hydrogen-bond donors (Lipinski definition) is 1. The molecule has 1 aromatic carbocycles. The molecule has 0 radical (unpaired) electrons. The van der Waals surface area contributed by atoms with Crippen LogP contribution in [0.2, 0.25) is 5.02 Å². The summed E-state index contributed by atoms with van der Waals surface area (Å²) in [5.74, 6) is -0.388. The third-order valence-electron chi connectivity index (χ3n) is 4.50. The van der Waals surface area contributed by atoms with Crippen molar-refractivity contribution in [2.45, 2.75) is 18.9 Å². The Labute approximate surface area is 162 Å². The monoisotopic (exact) mass is 391 g/mol. The van der Waals surface area contributed by atoms with Crippen LogP contribution in [0.15, 0.2) is 30.5 Å². The van der Waals surface area contributed by atoms with E-state index < -0.39 is 0 Å². The molecule has 1 atom stereocenters. The van der Waals surface area contributed by atoms with Gasteiger partial charge >= 0.3 is 0 Å². The number of rotatable bonds is 6. The summed E-state index contributed by atoms with van der Waals surface area (Å²) in [4.78, 5) is 26.6. The number of ether oxygens (including phenoxy) is 1. The lowest BCUT2D eigenvalue weighted by Crippen LogP contribution is -2.41. The predicted molar refractivity (Wildman–Crippen MR) is 99.9 cm³/mol. The molecule has 1 saturated heterocycles. The van der Waals surface area contributed by atoms with Gasteiger partial charge in [-0.1, -0.05) is 28.9 Å². The molecule has 8 nitrogen and oxygen atoms in total. The van der Waals surface area contributed by atoms with E-state index in [2.05, 4.69) is 15.6 Å². The van der Waals surface area contributed by atoms with Gasteiger partial charge in [-0.2, -0.15) is 0 Å². The van der Waals surface area contributed by atoms with Gasteiger partial charge in [0, 0.05) is 26.7 Å². The van der Waals surface area contributed by atoms with E-state index in [-0.39, 0.29) is 23.6 Å². The maximum Gasteiger partial charge on any atom is 0.273 e. The molecule has 2 amide bonds. The molecule has 144 valence electrons. The number of piperidine rings is 1. The fourth-order valence-electron chi connectivity index (χ4n) is 3.08. The second-order valence-electron chi connectivity index (χ2n) is 6.36. The van der Waals surface area contributed by atoms with Gasteiger partial charge in [-0.15, -0.1) is 5.10 Å². The molecule has 3 rings (SSSR count). The maximum atomic E-state index is 12.8. The minimum absolute atomic E-state index is 0.0294. The van der Waals surface area contributed by atoms with Crippen molar-refractivity contribution in [1.82, 2.24) is 25.2 Å². The fraction of sp³-hybridized carbons (Fsp3) is 0.444. The first kappa shape index (κ1) is 19.3. The van der Waals surface area contributed by atoms with E-state index in [9.17, 15) is 9.59 Å². The van der Waals surface area contributed by atoms with Gasteiger partial charge in [0.1, 0.15) is 0 Å². The second kappa shape index (κ2) is 8.96. The molecule has 1 aliphatic heterocycles. The molecular formula is C18H22ClN5O3. The fourth-order valence-corrected chi connectivity index (χ4v) is 3.29. The molecule has 0 bridgehead atoms. The van der Waals surface area contributed by atoms with Crippen molar-refractivity contribution in [2.24, 2.45) is 0 Å². The van der Waals surface area contributed by atoms with Crippen LogP contribution in [0.5, 0.6) is 0 Å². The lowest BCUT2D eigenvalue weighted by atomic mass is 10.0. The normalized spacial score (nSPS) is 17.0. The number of nitrogens with zero attached hydrogens (tertiary/aromatic N) is 4. The summed E-state index contributed by atoms with van der Waals surface area (Å²) in [6, 6.07) is 7.01. The van der Waals surface area contributed by atoms with Gasteiger partial charge in [0.2, 0.25) is 0 Å². The molecule has 9 heteroatoms. The molecule has 2 aromatic rings. The topological polar surface area (TPSA) is 89.4 Å². The number of aromatic nitrogens is 3. The quantitative estimate of drug-likeness (QED) is 0.758. The summed E-state index contributed by atoms with van der Waals surface area (Å²) < 4.78 is 6.57. The average molecular weight is 392 g/mol. The highest BCUT2D eigenvalue weighted by Crippen LogP contribution is 2.24. The summed E-state index contributed by atoms with van der Waals surface area (Å²) in [5, 5.41) is 11.2. The SMILES string of the molecule is COCCNC(=O)c1cn([C@H]2CCCN(C(=O)c3ccccc3Cl)C2)nn1. The van der Waals surface area contributed by atoms with Gasteiger partial charge in [-0.3, -0.25) is 9.59 Å². The highest BCUT2D eigenvalue weighted by molar-refractivity contribution is 6.33. The van der Waals surface area contributed by atoms with Crippen LogP contribution in [-0.2, 0) is 4.74 Å². The molecule has 1 fully saturated rings. The lowest BCUT2D eigenvalue weighted by Gasteiger charge is -2.32. The van der Waals surface area contributed by atoms with Crippen LogP contribution in [0.4, 0.5) is 0 Å². The Bertz CT molecular complexity index is 810. The van der Waals surface area contributed by atoms with Crippen LogP contribution < -0.4 is 5.32 Å². The van der Waals surface area contributed by atoms with Crippen LogP contribution >= 0.6 is 11.6 Å². The number of benzene rings is 1. The van der Waals surface area contributed by atoms with E-state index in [1.165, 1.54) is 0 Å². The van der Waals surface area contributed by atoms with Gasteiger partial charge in [0.05, 0.1) is 29.4 Å². The number of halogens is 1. The van der Waals surface area contributed by atoms with E-state index in [0.29, 0.717) is 36.8 Å². The van der Waals surface area contributed by atoms with E-state index in [4.69, 9.17) is 16.3 Å². The minimum Gasteiger partial charge on any atom is -0.383 e. The number of likely N-dealkylation sites (tertiary alicyclic amines) is 1. The Morgan fingerprint density at radius 2 is 2.19 bits per heavy atom. The van der Waals surface area contributed by atoms with E-state index in [1.807, 2.05) is 0 Å². The molecule has 27 heavy (non-hydrogen) atoms. The Hall–Kier alpha value is -2.45. The Morgan fingerprint density at radius 1 is 1.37 bits per heavy atom. The van der Waals surface area contributed by atoms with Crippen LogP contribution in [0, 0.1) is 0 Å². The van der Waals surface area contributed by atoms with Gasteiger partial charge < -0.3 is 15.0 Å². The lowest BCUT2D eigenvalue weighted by molar-refractivity contribution is 0.0671. The van der Waals surface area contributed by atoms with Crippen LogP contribution in [0.25, 0.3) is 0 Å². The molecule has 0 spiro atoms. The van der Waals surface area contributed by atoms with Gasteiger partial charge in [-0.25, -0.2) is 4.68 Å². The number of carbonyl (C=O) groups excluding carboxylic acids is 2. The van der Waals surface area contributed by atoms with Crippen molar-refractivity contribution in [3.05, 3.63) is 46.7 Å². The van der Waals surface area contributed by atoms with Crippen molar-refractivity contribution in [3.8, 4) is 0 Å². The molecule has 1 N–H and O–H groups in total. The third kappa shape index (κ3) is 4.64. The summed E-state index contributed by atoms with van der Waals surface area (Å²) in [6.45, 7) is 2.01. The maximum absolute atomic E-state index is 12.8. The zero-order valence-electron chi connectivity index (χ0n) is 15.1. The van der Waals surface area contributed by atoms with Crippen molar-refractivity contribution in [2.75, 3.05) is 33.4 Å². The number of methoxy groups -OCH3 is 1. The first-order chi connectivity index (χ1) is 13.1. The summed E-state index contributed by atoms with van der Waals surface area (Å²) >= 11 is 6.15. The van der Waals surface area contributed by atoms with Crippen molar-refractivity contribution >= 4 is 23.4 Å². The van der Waals surface area contributed by atoms with Crippen molar-refractivity contribution in [3.63, 3.8) is 0 Å². The number of hydrogen-bond acceptors (Lipinski definition) is 5. The number of amides is 2. The van der Waals surface area contributed by atoms with Crippen LogP contribution in [0.1, 0.15) is 39.7 Å². The van der Waals surface area contributed by atoms with Gasteiger partial charge in [0.15, 0.2) is 5.69 Å².